The summed E-state index contributed by atoms with van der Waals surface area (Å²) in [5, 5.41) is -0.422. The topological polar surface area (TPSA) is 63.4 Å². The Morgan fingerprint density at radius 3 is 2.19 bits per heavy atom. The Hall–Kier alpha value is -0.420. The molecule has 4 nitrogen and oxygen atoms in total. The second-order valence-electron chi connectivity index (χ2n) is 4.04. The summed E-state index contributed by atoms with van der Waals surface area (Å²) in [4.78, 5) is 13.6. The molecular weight excluding hydrogens is 224 g/mol. The molecule has 0 saturated carbocycles. The Morgan fingerprint density at radius 2 is 1.81 bits per heavy atom. The molecule has 0 aliphatic heterocycles. The maximum absolute atomic E-state index is 11.9. The van der Waals surface area contributed by atoms with Gasteiger partial charge < -0.3 is 10.6 Å². The molecule has 2 N–H and O–H groups in total. The van der Waals surface area contributed by atoms with Crippen molar-refractivity contribution in [3.63, 3.8) is 0 Å². The van der Waals surface area contributed by atoms with Gasteiger partial charge in [-0.25, -0.2) is 0 Å². The van der Waals surface area contributed by atoms with Gasteiger partial charge in [-0.3, -0.25) is 9.00 Å². The van der Waals surface area contributed by atoms with Crippen LogP contribution in [0.1, 0.15) is 27.7 Å². The van der Waals surface area contributed by atoms with E-state index in [2.05, 4.69) is 0 Å². The Labute approximate surface area is 101 Å². The summed E-state index contributed by atoms with van der Waals surface area (Å²) in [6, 6.07) is 0. The van der Waals surface area contributed by atoms with Crippen LogP contribution >= 0.6 is 0 Å². The highest BCUT2D eigenvalue weighted by Gasteiger charge is 2.24. The molecule has 0 bridgehead atoms. The van der Waals surface area contributed by atoms with Crippen molar-refractivity contribution in [2.45, 2.75) is 32.9 Å². The first-order chi connectivity index (χ1) is 7.47. The predicted octanol–water partition coefficient (Wildman–Crippen LogP) is 0.587. The van der Waals surface area contributed by atoms with Crippen molar-refractivity contribution in [3.8, 4) is 0 Å². The quantitative estimate of drug-likeness (QED) is 0.717. The fourth-order valence-corrected chi connectivity index (χ4v) is 2.76. The zero-order valence-corrected chi connectivity index (χ0v) is 11.5. The van der Waals surface area contributed by atoms with Crippen LogP contribution in [0.15, 0.2) is 0 Å². The predicted molar refractivity (Wildman–Crippen MR) is 68.6 cm³/mol. The van der Waals surface area contributed by atoms with Crippen molar-refractivity contribution in [1.29, 1.82) is 0 Å². The molecule has 0 heterocycles. The van der Waals surface area contributed by atoms with Crippen molar-refractivity contribution in [3.05, 3.63) is 0 Å². The van der Waals surface area contributed by atoms with Gasteiger partial charge in [0, 0.05) is 29.6 Å². The number of rotatable bonds is 7. The molecule has 0 radical (unpaired) electrons. The maximum atomic E-state index is 11.9. The molecule has 1 amide bonds. The van der Waals surface area contributed by atoms with Gasteiger partial charge >= 0.3 is 0 Å². The molecule has 16 heavy (non-hydrogen) atoms. The Kier molecular flexibility index (Phi) is 7.58. The molecule has 0 rings (SSSR count). The van der Waals surface area contributed by atoms with Crippen LogP contribution in [0.2, 0.25) is 0 Å². The summed E-state index contributed by atoms with van der Waals surface area (Å²) in [5.41, 5.74) is 5.48. The summed E-state index contributed by atoms with van der Waals surface area (Å²) >= 11 is 0. The average Bonchev–Trinajstić information content (AvgIpc) is 2.29. The van der Waals surface area contributed by atoms with E-state index in [9.17, 15) is 9.00 Å². The average molecular weight is 248 g/mol. The van der Waals surface area contributed by atoms with Crippen LogP contribution in [0.3, 0.4) is 0 Å². The van der Waals surface area contributed by atoms with E-state index in [-0.39, 0.29) is 11.8 Å². The molecule has 0 aromatic rings. The molecule has 0 aromatic heterocycles. The van der Waals surface area contributed by atoms with Crippen LogP contribution in [-0.4, -0.2) is 45.7 Å². The third-order valence-electron chi connectivity index (χ3n) is 2.67. The first kappa shape index (κ1) is 15.6. The van der Waals surface area contributed by atoms with E-state index in [0.29, 0.717) is 25.4 Å². The van der Waals surface area contributed by atoms with Crippen LogP contribution in [0.25, 0.3) is 0 Å². The molecule has 5 heteroatoms. The highest BCUT2D eigenvalue weighted by Crippen LogP contribution is 2.06. The number of amides is 1. The molecule has 0 fully saturated rings. The highest BCUT2D eigenvalue weighted by atomic mass is 32.2. The molecule has 0 spiro atoms. The van der Waals surface area contributed by atoms with Gasteiger partial charge in [0.1, 0.15) is 5.25 Å². The largest absolute Gasteiger partial charge is 0.342 e. The van der Waals surface area contributed by atoms with E-state index in [4.69, 9.17) is 5.73 Å². The number of carbonyl (C=O) groups excluding carboxylic acids is 1. The summed E-state index contributed by atoms with van der Waals surface area (Å²) in [7, 11) is -1.12. The van der Waals surface area contributed by atoms with Crippen LogP contribution in [0.4, 0.5) is 0 Å². The third-order valence-corrected chi connectivity index (χ3v) is 4.56. The van der Waals surface area contributed by atoms with Gasteiger partial charge in [0.25, 0.3) is 0 Å². The number of nitrogens with zero attached hydrogens (tertiary/aromatic N) is 1. The monoisotopic (exact) mass is 248 g/mol. The van der Waals surface area contributed by atoms with Crippen molar-refractivity contribution in [2.75, 3.05) is 25.4 Å². The highest BCUT2D eigenvalue weighted by molar-refractivity contribution is 7.86. The Balaban J connectivity index is 4.37. The summed E-state index contributed by atoms with van der Waals surface area (Å²) in [6.07, 6.45) is 0. The normalized spacial score (nSPS) is 16.6. The van der Waals surface area contributed by atoms with Gasteiger partial charge in [-0.2, -0.15) is 0 Å². The van der Waals surface area contributed by atoms with Crippen LogP contribution in [0.5, 0.6) is 0 Å². The smallest absolute Gasteiger partial charge is 0.238 e. The zero-order valence-electron chi connectivity index (χ0n) is 10.7. The van der Waals surface area contributed by atoms with E-state index >= 15 is 0 Å². The minimum atomic E-state index is -1.12. The lowest BCUT2D eigenvalue weighted by molar-refractivity contribution is -0.129. The molecule has 3 atom stereocenters. The molecular formula is C11H24N2O2S. The van der Waals surface area contributed by atoms with Crippen LogP contribution in [0, 0.1) is 5.92 Å². The van der Waals surface area contributed by atoms with Gasteiger partial charge in [0.15, 0.2) is 0 Å². The van der Waals surface area contributed by atoms with E-state index in [1.807, 2.05) is 20.8 Å². The van der Waals surface area contributed by atoms with E-state index in [0.717, 1.165) is 0 Å². The molecule has 0 aliphatic carbocycles. The van der Waals surface area contributed by atoms with Crippen molar-refractivity contribution < 1.29 is 9.00 Å². The van der Waals surface area contributed by atoms with Crippen molar-refractivity contribution in [2.24, 2.45) is 11.7 Å². The van der Waals surface area contributed by atoms with E-state index < -0.39 is 16.0 Å². The Morgan fingerprint density at radius 1 is 1.31 bits per heavy atom. The molecule has 96 valence electrons. The molecule has 0 saturated heterocycles. The van der Waals surface area contributed by atoms with Gasteiger partial charge in [-0.1, -0.05) is 6.92 Å². The number of carbonyl (C=O) groups is 1. The lowest BCUT2D eigenvalue weighted by Gasteiger charge is -2.23. The SMILES string of the molecule is CCN(CC)C(=O)C(C)S(=O)CC(C)CN. The summed E-state index contributed by atoms with van der Waals surface area (Å²) < 4.78 is 11.9. The van der Waals surface area contributed by atoms with Gasteiger partial charge in [0.2, 0.25) is 5.91 Å². The fourth-order valence-electron chi connectivity index (χ4n) is 1.40. The first-order valence-electron chi connectivity index (χ1n) is 5.83. The second kappa shape index (κ2) is 7.79. The van der Waals surface area contributed by atoms with Gasteiger partial charge in [-0.05, 0) is 33.2 Å². The minimum Gasteiger partial charge on any atom is -0.342 e. The minimum absolute atomic E-state index is 0.0208. The summed E-state index contributed by atoms with van der Waals surface area (Å²) in [6.45, 7) is 9.40. The molecule has 3 unspecified atom stereocenters. The standard InChI is InChI=1S/C11H24N2O2S/c1-5-13(6-2)11(14)10(4)16(15)8-9(3)7-12/h9-10H,5-8,12H2,1-4H3. The fraction of sp³-hybridized carbons (Fsp3) is 0.909. The number of hydrogen-bond acceptors (Lipinski definition) is 3. The number of hydrogen-bond donors (Lipinski definition) is 1. The van der Waals surface area contributed by atoms with Crippen molar-refractivity contribution >= 4 is 16.7 Å². The lowest BCUT2D eigenvalue weighted by atomic mass is 10.2. The summed E-state index contributed by atoms with van der Waals surface area (Å²) in [5.74, 6) is 0.686. The van der Waals surface area contributed by atoms with Gasteiger partial charge in [-0.15, -0.1) is 0 Å². The Bertz CT molecular complexity index is 242. The molecule has 0 aromatic carbocycles. The van der Waals surface area contributed by atoms with Crippen molar-refractivity contribution in [1.82, 2.24) is 4.90 Å². The van der Waals surface area contributed by atoms with E-state index in [1.165, 1.54) is 0 Å². The van der Waals surface area contributed by atoms with Crippen LogP contribution in [-0.2, 0) is 15.6 Å². The first-order valence-corrected chi connectivity index (χ1v) is 7.22. The van der Waals surface area contributed by atoms with Crippen LogP contribution < -0.4 is 5.73 Å². The molecule has 0 aliphatic rings. The lowest BCUT2D eigenvalue weighted by Crippen LogP contribution is -2.40. The number of nitrogens with two attached hydrogens (primary N) is 1. The third kappa shape index (κ3) is 4.61. The van der Waals surface area contributed by atoms with E-state index in [1.54, 1.807) is 11.8 Å². The second-order valence-corrected chi connectivity index (χ2v) is 5.84. The zero-order chi connectivity index (χ0) is 12.7. The maximum Gasteiger partial charge on any atom is 0.238 e. The van der Waals surface area contributed by atoms with Gasteiger partial charge in [0.05, 0.1) is 0 Å².